The van der Waals surface area contributed by atoms with Gasteiger partial charge in [-0.1, -0.05) is 18.2 Å². The van der Waals surface area contributed by atoms with Gasteiger partial charge in [0.25, 0.3) is 5.91 Å². The van der Waals surface area contributed by atoms with Gasteiger partial charge in [0.05, 0.1) is 31.6 Å². The maximum atomic E-state index is 13.2. The Hall–Kier alpha value is -3.65. The predicted octanol–water partition coefficient (Wildman–Crippen LogP) is 4.22. The van der Waals surface area contributed by atoms with Crippen molar-refractivity contribution in [1.29, 1.82) is 0 Å². The third kappa shape index (κ3) is 4.61. The van der Waals surface area contributed by atoms with Crippen molar-refractivity contribution in [3.8, 4) is 11.5 Å². The first-order valence-corrected chi connectivity index (χ1v) is 11.1. The maximum absolute atomic E-state index is 13.2. The van der Waals surface area contributed by atoms with Crippen molar-refractivity contribution >= 4 is 35.0 Å². The number of aryl methyl sites for hydroxylation is 2. The van der Waals surface area contributed by atoms with Gasteiger partial charge in [0.2, 0.25) is 0 Å². The smallest absolute Gasteiger partial charge is 0.281 e. The van der Waals surface area contributed by atoms with Gasteiger partial charge in [0.1, 0.15) is 17.2 Å². The second-order valence-electron chi connectivity index (χ2n) is 7.69. The van der Waals surface area contributed by atoms with E-state index in [0.717, 1.165) is 28.3 Å². The molecule has 0 atom stereocenters. The number of rotatable bonds is 7. The first kappa shape index (κ1) is 22.5. The number of benzene rings is 2. The minimum Gasteiger partial charge on any atom is -0.496 e. The number of carbonyl (C=O) groups is 1. The van der Waals surface area contributed by atoms with Crippen LogP contribution in [-0.2, 0) is 11.3 Å². The number of methoxy groups -OCH3 is 1. The van der Waals surface area contributed by atoms with E-state index in [1.54, 1.807) is 13.2 Å². The highest BCUT2D eigenvalue weighted by molar-refractivity contribution is 7.80. The highest BCUT2D eigenvalue weighted by atomic mass is 32.1. The largest absolute Gasteiger partial charge is 0.496 e. The minimum absolute atomic E-state index is 0.233. The van der Waals surface area contributed by atoms with Crippen LogP contribution in [0.5, 0.6) is 11.5 Å². The van der Waals surface area contributed by atoms with Crippen LogP contribution in [0.3, 0.4) is 0 Å². The van der Waals surface area contributed by atoms with E-state index in [0.29, 0.717) is 35.4 Å². The van der Waals surface area contributed by atoms with Gasteiger partial charge in [-0.15, -0.1) is 0 Å². The van der Waals surface area contributed by atoms with Crippen molar-refractivity contribution in [2.45, 2.75) is 27.3 Å². The highest BCUT2D eigenvalue weighted by Crippen LogP contribution is 2.32. The Balaban J connectivity index is 1.65. The van der Waals surface area contributed by atoms with Gasteiger partial charge in [0.15, 0.2) is 5.11 Å². The fraction of sp³-hybridized carbons (Fsp3) is 0.240. The van der Waals surface area contributed by atoms with Crippen LogP contribution in [0.25, 0.3) is 6.08 Å². The van der Waals surface area contributed by atoms with E-state index in [-0.39, 0.29) is 5.91 Å². The van der Waals surface area contributed by atoms with Crippen LogP contribution in [0.15, 0.2) is 54.2 Å². The number of para-hydroxylation sites is 2. The van der Waals surface area contributed by atoms with Gasteiger partial charge in [-0.25, -0.2) is 4.90 Å². The topological polar surface area (TPSA) is 68.6 Å². The van der Waals surface area contributed by atoms with Gasteiger partial charge in [0, 0.05) is 11.3 Å². The first-order valence-electron chi connectivity index (χ1n) is 10.7. The summed E-state index contributed by atoms with van der Waals surface area (Å²) in [5, 5.41) is 7.91. The normalized spacial score (nSPS) is 14.7. The second kappa shape index (κ2) is 9.46. The van der Waals surface area contributed by atoms with E-state index < -0.39 is 0 Å². The molecule has 33 heavy (non-hydrogen) atoms. The lowest BCUT2D eigenvalue weighted by atomic mass is 10.1. The number of ether oxygens (including phenoxy) is 2. The fourth-order valence-corrected chi connectivity index (χ4v) is 4.14. The van der Waals surface area contributed by atoms with Crippen LogP contribution < -0.4 is 19.7 Å². The molecule has 3 aromatic rings. The first-order chi connectivity index (χ1) is 15.9. The van der Waals surface area contributed by atoms with Crippen LogP contribution in [0.2, 0.25) is 0 Å². The molecule has 0 aliphatic carbocycles. The van der Waals surface area contributed by atoms with Crippen LogP contribution >= 0.6 is 12.2 Å². The molecule has 2 heterocycles. The molecule has 1 saturated heterocycles. The molecule has 8 heteroatoms. The third-order valence-corrected chi connectivity index (χ3v) is 5.61. The number of hydrogen-bond donors (Lipinski definition) is 1. The second-order valence-corrected chi connectivity index (χ2v) is 8.07. The average molecular weight is 463 g/mol. The monoisotopic (exact) mass is 462 g/mol. The molecule has 1 amide bonds. The molecule has 0 spiro atoms. The van der Waals surface area contributed by atoms with Gasteiger partial charge in [-0.2, -0.15) is 5.10 Å². The van der Waals surface area contributed by atoms with Gasteiger partial charge >= 0.3 is 0 Å². The number of amides is 1. The summed E-state index contributed by atoms with van der Waals surface area (Å²) in [5.41, 5.74) is 4.86. The predicted molar refractivity (Wildman–Crippen MR) is 133 cm³/mol. The lowest BCUT2D eigenvalue weighted by molar-refractivity contribution is -0.113. The molecule has 0 saturated carbocycles. The Kier molecular flexibility index (Phi) is 6.46. The number of nitrogens with one attached hydrogen (secondary N) is 1. The lowest BCUT2D eigenvalue weighted by Gasteiger charge is -2.18. The standard InChI is InChI=1S/C25H26N4O3S/c1-5-32-23-9-7-6-8-21(23)29-24(30)20(26-25(29)33)14-18-10-11-22(31-4)19(13-18)15-28-17(3)12-16(2)27-28/h6-14H,5,15H2,1-4H3,(H,26,33)/b20-14+. The van der Waals surface area contributed by atoms with E-state index in [1.807, 2.05) is 74.0 Å². The Morgan fingerprint density at radius 3 is 2.61 bits per heavy atom. The number of hydrogen-bond acceptors (Lipinski definition) is 5. The number of aromatic nitrogens is 2. The molecule has 0 radical (unpaired) electrons. The Morgan fingerprint density at radius 2 is 1.91 bits per heavy atom. The molecule has 1 aliphatic rings. The van der Waals surface area contributed by atoms with Crippen molar-refractivity contribution in [1.82, 2.24) is 15.1 Å². The fourth-order valence-electron chi connectivity index (χ4n) is 3.85. The molecular formula is C25H26N4O3S. The molecule has 2 aromatic carbocycles. The Labute approximate surface area is 198 Å². The van der Waals surface area contributed by atoms with Crippen LogP contribution in [-0.4, -0.2) is 34.5 Å². The van der Waals surface area contributed by atoms with E-state index >= 15 is 0 Å². The Morgan fingerprint density at radius 1 is 1.12 bits per heavy atom. The molecular weight excluding hydrogens is 436 g/mol. The van der Waals surface area contributed by atoms with Gasteiger partial charge < -0.3 is 14.8 Å². The zero-order valence-corrected chi connectivity index (χ0v) is 19.9. The minimum atomic E-state index is -0.233. The highest BCUT2D eigenvalue weighted by Gasteiger charge is 2.33. The average Bonchev–Trinajstić information content (AvgIpc) is 3.25. The van der Waals surface area contributed by atoms with E-state index in [2.05, 4.69) is 10.4 Å². The molecule has 1 aromatic heterocycles. The van der Waals surface area contributed by atoms with E-state index in [1.165, 1.54) is 4.90 Å². The summed E-state index contributed by atoms with van der Waals surface area (Å²) in [6.07, 6.45) is 1.79. The van der Waals surface area contributed by atoms with E-state index in [9.17, 15) is 4.79 Å². The summed E-state index contributed by atoms with van der Waals surface area (Å²) in [6.45, 7) is 6.95. The summed E-state index contributed by atoms with van der Waals surface area (Å²) in [4.78, 5) is 14.7. The van der Waals surface area contributed by atoms with Crippen molar-refractivity contribution in [3.05, 3.63) is 76.7 Å². The van der Waals surface area contributed by atoms with Crippen LogP contribution in [0.4, 0.5) is 5.69 Å². The zero-order valence-electron chi connectivity index (χ0n) is 19.1. The quantitative estimate of drug-likeness (QED) is 0.419. The molecule has 4 rings (SSSR count). The molecule has 1 aliphatic heterocycles. The van der Waals surface area contributed by atoms with E-state index in [4.69, 9.17) is 21.7 Å². The summed E-state index contributed by atoms with van der Waals surface area (Å²) in [5.74, 6) is 1.14. The molecule has 7 nitrogen and oxygen atoms in total. The van der Waals surface area contributed by atoms with Crippen molar-refractivity contribution < 1.29 is 14.3 Å². The zero-order chi connectivity index (χ0) is 23.5. The summed E-state index contributed by atoms with van der Waals surface area (Å²) in [6, 6.07) is 15.2. The van der Waals surface area contributed by atoms with Gasteiger partial charge in [-0.05, 0) is 75.0 Å². The van der Waals surface area contributed by atoms with Crippen LogP contribution in [0, 0.1) is 13.8 Å². The number of nitrogens with zero attached hydrogens (tertiary/aromatic N) is 3. The van der Waals surface area contributed by atoms with Crippen molar-refractivity contribution in [2.24, 2.45) is 0 Å². The molecule has 0 bridgehead atoms. The molecule has 1 fully saturated rings. The number of anilines is 1. The Bertz CT molecular complexity index is 1250. The van der Waals surface area contributed by atoms with Gasteiger partial charge in [-0.3, -0.25) is 9.48 Å². The maximum Gasteiger partial charge on any atom is 0.281 e. The van der Waals surface area contributed by atoms with Crippen LogP contribution in [0.1, 0.15) is 29.4 Å². The van der Waals surface area contributed by atoms with Crippen molar-refractivity contribution in [2.75, 3.05) is 18.6 Å². The molecule has 170 valence electrons. The molecule has 1 N–H and O–H groups in total. The summed E-state index contributed by atoms with van der Waals surface area (Å²) < 4.78 is 13.2. The molecule has 0 unspecified atom stereocenters. The lowest BCUT2D eigenvalue weighted by Crippen LogP contribution is -2.30. The number of thiocarbonyl (C=S) groups is 1. The third-order valence-electron chi connectivity index (χ3n) is 5.32. The van der Waals surface area contributed by atoms with Crippen molar-refractivity contribution in [3.63, 3.8) is 0 Å². The summed E-state index contributed by atoms with van der Waals surface area (Å²) in [7, 11) is 1.65. The summed E-state index contributed by atoms with van der Waals surface area (Å²) >= 11 is 5.47. The number of carbonyl (C=O) groups excluding carboxylic acids is 1. The SMILES string of the molecule is CCOc1ccccc1N1C(=O)/C(=C\c2ccc(OC)c(Cn3nc(C)cc3C)c2)NC1=S.